The second-order valence-corrected chi connectivity index (χ2v) is 3.79. The van der Waals surface area contributed by atoms with Gasteiger partial charge in [-0.2, -0.15) is 4.99 Å². The molecule has 0 aliphatic heterocycles. The zero-order valence-electron chi connectivity index (χ0n) is 9.87. The molecule has 2 rings (SSSR count). The summed E-state index contributed by atoms with van der Waals surface area (Å²) in [6.45, 7) is 1.81. The number of aliphatic imine (C=N–C) groups is 1. The molecule has 0 saturated heterocycles. The van der Waals surface area contributed by atoms with Crippen molar-refractivity contribution in [2.75, 3.05) is 0 Å². The molecule has 0 radical (unpaired) electrons. The molecular formula is C12H13N5O. The molecule has 0 atom stereocenters. The number of nitrogens with two attached hydrogens (primary N) is 2. The summed E-state index contributed by atoms with van der Waals surface area (Å²) in [4.78, 5) is 19.4. The zero-order valence-corrected chi connectivity index (χ0v) is 9.87. The van der Waals surface area contributed by atoms with Crippen LogP contribution < -0.4 is 11.5 Å². The Hall–Kier alpha value is -2.63. The second kappa shape index (κ2) is 4.70. The number of hydrogen-bond acceptors (Lipinski definition) is 2. The lowest BCUT2D eigenvalue weighted by molar-refractivity contribution is 0.100. The van der Waals surface area contributed by atoms with Gasteiger partial charge in [0.05, 0.1) is 5.56 Å². The number of rotatable bonds is 2. The molecule has 0 fully saturated rings. The van der Waals surface area contributed by atoms with E-state index in [2.05, 4.69) is 9.98 Å². The van der Waals surface area contributed by atoms with Gasteiger partial charge in [0, 0.05) is 18.6 Å². The Labute approximate surface area is 104 Å². The topological polar surface area (TPSA) is 99.3 Å². The van der Waals surface area contributed by atoms with E-state index in [0.29, 0.717) is 5.56 Å². The van der Waals surface area contributed by atoms with Crippen LogP contribution in [0.15, 0.2) is 41.8 Å². The summed E-state index contributed by atoms with van der Waals surface area (Å²) in [6, 6.07) is 5.54. The molecule has 6 heteroatoms. The average Bonchev–Trinajstić information content (AvgIpc) is 2.72. The Morgan fingerprint density at radius 3 is 2.72 bits per heavy atom. The van der Waals surface area contributed by atoms with Gasteiger partial charge < -0.3 is 16.0 Å². The van der Waals surface area contributed by atoms with E-state index in [1.165, 1.54) is 0 Å². The highest BCUT2D eigenvalue weighted by Crippen LogP contribution is 2.14. The highest BCUT2D eigenvalue weighted by atomic mass is 16.1. The van der Waals surface area contributed by atoms with Gasteiger partial charge in [-0.25, -0.2) is 4.98 Å². The van der Waals surface area contributed by atoms with Gasteiger partial charge >= 0.3 is 0 Å². The maximum atomic E-state index is 11.7. The number of carbonyl (C=O) groups excluding carboxylic acids is 1. The lowest BCUT2D eigenvalue weighted by atomic mass is 10.2. The number of aromatic nitrogens is 2. The number of pyridine rings is 1. The fourth-order valence-electron chi connectivity index (χ4n) is 1.60. The smallest absolute Gasteiger partial charge is 0.281 e. The first kappa shape index (κ1) is 11.8. The molecule has 0 bridgehead atoms. The Bertz CT molecular complexity index is 596. The van der Waals surface area contributed by atoms with Gasteiger partial charge in [-0.05, 0) is 24.6 Å². The van der Waals surface area contributed by atoms with E-state index >= 15 is 0 Å². The summed E-state index contributed by atoms with van der Waals surface area (Å²) in [5.74, 6) is 0.0246. The Morgan fingerprint density at radius 2 is 2.11 bits per heavy atom. The first-order valence-corrected chi connectivity index (χ1v) is 5.32. The third kappa shape index (κ3) is 2.37. The van der Waals surface area contributed by atoms with Crippen LogP contribution in [0.1, 0.15) is 15.9 Å². The summed E-state index contributed by atoms with van der Waals surface area (Å²) in [6.07, 6.45) is 5.15. The summed E-state index contributed by atoms with van der Waals surface area (Å²) < 4.78 is 1.75. The first-order chi connectivity index (χ1) is 8.58. The van der Waals surface area contributed by atoms with Crippen LogP contribution in [0.3, 0.4) is 0 Å². The molecule has 0 aliphatic rings. The Morgan fingerprint density at radius 1 is 1.33 bits per heavy atom. The van der Waals surface area contributed by atoms with Crippen molar-refractivity contribution in [3.05, 3.63) is 47.9 Å². The average molecular weight is 243 g/mol. The maximum absolute atomic E-state index is 11.7. The van der Waals surface area contributed by atoms with Crippen molar-refractivity contribution < 1.29 is 4.79 Å². The van der Waals surface area contributed by atoms with Crippen LogP contribution in [0.5, 0.6) is 0 Å². The lowest BCUT2D eigenvalue weighted by Gasteiger charge is -1.99. The molecule has 6 nitrogen and oxygen atoms in total. The summed E-state index contributed by atoms with van der Waals surface area (Å²) in [5.41, 5.74) is 11.6. The molecule has 2 heterocycles. The number of hydrogen-bond donors (Lipinski definition) is 2. The molecule has 0 saturated carbocycles. The van der Waals surface area contributed by atoms with E-state index in [4.69, 9.17) is 11.5 Å². The van der Waals surface area contributed by atoms with Gasteiger partial charge in [0.25, 0.3) is 5.91 Å². The number of aryl methyl sites for hydroxylation is 1. The van der Waals surface area contributed by atoms with E-state index in [1.807, 2.05) is 25.1 Å². The molecule has 0 spiro atoms. The van der Waals surface area contributed by atoms with Gasteiger partial charge in [-0.3, -0.25) is 4.79 Å². The molecule has 0 aromatic carbocycles. The molecule has 2 aromatic rings. The normalized spacial score (nSPS) is 10.1. The van der Waals surface area contributed by atoms with Crippen LogP contribution in [0.4, 0.5) is 0 Å². The van der Waals surface area contributed by atoms with Crippen LogP contribution in [-0.2, 0) is 0 Å². The van der Waals surface area contributed by atoms with Gasteiger partial charge in [0.2, 0.25) is 0 Å². The van der Waals surface area contributed by atoms with E-state index in [1.54, 1.807) is 23.2 Å². The molecule has 0 aliphatic carbocycles. The first-order valence-electron chi connectivity index (χ1n) is 5.32. The Kier molecular flexibility index (Phi) is 3.09. The summed E-state index contributed by atoms with van der Waals surface area (Å²) in [7, 11) is 0. The maximum Gasteiger partial charge on any atom is 0.281 e. The molecule has 4 N–H and O–H groups in total. The third-order valence-corrected chi connectivity index (χ3v) is 2.40. The van der Waals surface area contributed by atoms with Crippen molar-refractivity contribution in [2.45, 2.75) is 6.92 Å². The quantitative estimate of drug-likeness (QED) is 0.595. The van der Waals surface area contributed by atoms with E-state index < -0.39 is 5.91 Å². The monoisotopic (exact) mass is 243 g/mol. The van der Waals surface area contributed by atoms with Crippen LogP contribution in [0.25, 0.3) is 5.82 Å². The van der Waals surface area contributed by atoms with E-state index in [-0.39, 0.29) is 5.96 Å². The fraction of sp³-hybridized carbons (Fsp3) is 0.0833. The fourth-order valence-corrected chi connectivity index (χ4v) is 1.60. The summed E-state index contributed by atoms with van der Waals surface area (Å²) in [5, 5.41) is 0. The highest BCUT2D eigenvalue weighted by Gasteiger charge is 2.12. The standard InChI is InChI=1S/C12H13N5O/c1-8-6-17(10-4-2-3-5-15-10)7-9(8)11(18)16-12(13)14/h2-7H,1H3,(H4,13,14,16,18). The predicted octanol–water partition coefficient (Wildman–Crippen LogP) is 0.594. The van der Waals surface area contributed by atoms with Crippen molar-refractivity contribution in [2.24, 2.45) is 16.5 Å². The molecule has 1 amide bonds. The molecule has 2 aromatic heterocycles. The summed E-state index contributed by atoms with van der Waals surface area (Å²) >= 11 is 0. The number of carbonyl (C=O) groups is 1. The number of amides is 1. The Balaban J connectivity index is 2.39. The van der Waals surface area contributed by atoms with E-state index in [9.17, 15) is 4.79 Å². The minimum absolute atomic E-state index is 0.245. The van der Waals surface area contributed by atoms with Crippen molar-refractivity contribution >= 4 is 11.9 Å². The lowest BCUT2D eigenvalue weighted by Crippen LogP contribution is -2.24. The largest absolute Gasteiger partial charge is 0.370 e. The van der Waals surface area contributed by atoms with Crippen LogP contribution >= 0.6 is 0 Å². The second-order valence-electron chi connectivity index (χ2n) is 3.79. The van der Waals surface area contributed by atoms with Crippen molar-refractivity contribution in [1.82, 2.24) is 9.55 Å². The zero-order chi connectivity index (χ0) is 13.1. The van der Waals surface area contributed by atoms with Gasteiger partial charge in [0.1, 0.15) is 5.82 Å². The SMILES string of the molecule is Cc1cn(-c2ccccn2)cc1C(=O)N=C(N)N. The van der Waals surface area contributed by atoms with Crippen LogP contribution in [0.2, 0.25) is 0 Å². The molecule has 0 unspecified atom stereocenters. The minimum Gasteiger partial charge on any atom is -0.370 e. The van der Waals surface area contributed by atoms with Gasteiger partial charge in [-0.1, -0.05) is 6.07 Å². The van der Waals surface area contributed by atoms with Crippen molar-refractivity contribution in [1.29, 1.82) is 0 Å². The van der Waals surface area contributed by atoms with E-state index in [0.717, 1.165) is 11.4 Å². The third-order valence-electron chi connectivity index (χ3n) is 2.40. The molecule has 18 heavy (non-hydrogen) atoms. The number of guanidine groups is 1. The van der Waals surface area contributed by atoms with Crippen LogP contribution in [-0.4, -0.2) is 21.4 Å². The van der Waals surface area contributed by atoms with Gasteiger partial charge in [-0.15, -0.1) is 0 Å². The van der Waals surface area contributed by atoms with Crippen molar-refractivity contribution in [3.8, 4) is 5.82 Å². The molecule has 92 valence electrons. The highest BCUT2D eigenvalue weighted by molar-refractivity contribution is 6.02. The number of nitrogens with zero attached hydrogens (tertiary/aromatic N) is 3. The van der Waals surface area contributed by atoms with Crippen molar-refractivity contribution in [3.63, 3.8) is 0 Å². The molecular weight excluding hydrogens is 230 g/mol. The predicted molar refractivity (Wildman–Crippen MR) is 68.4 cm³/mol. The van der Waals surface area contributed by atoms with Crippen LogP contribution in [0, 0.1) is 6.92 Å². The minimum atomic E-state index is -0.456. The van der Waals surface area contributed by atoms with Gasteiger partial charge in [0.15, 0.2) is 5.96 Å².